The van der Waals surface area contributed by atoms with E-state index < -0.39 is 11.8 Å². The van der Waals surface area contributed by atoms with Gasteiger partial charge < -0.3 is 16.0 Å². The number of anilines is 2. The number of nitrogens with one attached hydrogen (secondary N) is 3. The second-order valence-electron chi connectivity index (χ2n) is 10.6. The zero-order valence-corrected chi connectivity index (χ0v) is 27.5. The Morgan fingerprint density at radius 3 is 2.35 bits per heavy atom. The zero-order valence-electron chi connectivity index (χ0n) is 25.1. The average Bonchev–Trinajstić information content (AvgIpc) is 3.53. The van der Waals surface area contributed by atoms with Crippen molar-refractivity contribution in [2.45, 2.75) is 24.7 Å². The standard InChI is InChI=1S/C36H31ClN4O3S2/c1-23(2)25-13-11-24(12-14-25)19-31(39-34(43)27-7-4-3-5-8-27)35(44)38-29-9-6-10-30(20-29)45-22-33(42)41-36-40-32(21-46-36)26-15-17-28(37)18-16-26/h3-21,23H,22H2,1-2H3,(H,38,44)(H,39,43)(H,40,41,42)/b31-19+. The van der Waals surface area contributed by atoms with Crippen molar-refractivity contribution in [3.8, 4) is 11.3 Å². The Morgan fingerprint density at radius 1 is 0.891 bits per heavy atom. The molecule has 3 N–H and O–H groups in total. The van der Waals surface area contributed by atoms with Crippen molar-refractivity contribution in [3.63, 3.8) is 0 Å². The number of benzene rings is 4. The first kappa shape index (κ1) is 32.7. The third-order valence-corrected chi connectivity index (χ3v) is 8.80. The Kier molecular flexibility index (Phi) is 11.0. The number of thioether (sulfide) groups is 1. The van der Waals surface area contributed by atoms with Crippen molar-refractivity contribution in [2.75, 3.05) is 16.4 Å². The molecule has 5 aromatic rings. The number of carbonyl (C=O) groups is 3. The Morgan fingerprint density at radius 2 is 1.63 bits per heavy atom. The monoisotopic (exact) mass is 666 g/mol. The van der Waals surface area contributed by atoms with Crippen LogP contribution in [0, 0.1) is 0 Å². The SMILES string of the molecule is CC(C)c1ccc(/C=C(/NC(=O)c2ccccc2)C(=O)Nc2cccc(SCC(=O)Nc3nc(-c4ccc(Cl)cc4)cs3)c2)cc1. The maximum absolute atomic E-state index is 13.5. The summed E-state index contributed by atoms with van der Waals surface area (Å²) in [6, 6.07) is 31.1. The number of thiazole rings is 1. The lowest BCUT2D eigenvalue weighted by molar-refractivity contribution is -0.114. The lowest BCUT2D eigenvalue weighted by atomic mass is 10.0. The largest absolute Gasteiger partial charge is 0.321 e. The summed E-state index contributed by atoms with van der Waals surface area (Å²) in [7, 11) is 0. The molecule has 0 bridgehead atoms. The van der Waals surface area contributed by atoms with Crippen LogP contribution in [0.1, 0.15) is 41.3 Å². The molecule has 0 aliphatic rings. The van der Waals surface area contributed by atoms with Gasteiger partial charge in [0, 0.05) is 32.1 Å². The summed E-state index contributed by atoms with van der Waals surface area (Å²) in [5.74, 6) is -0.546. The van der Waals surface area contributed by atoms with Crippen molar-refractivity contribution in [1.82, 2.24) is 10.3 Å². The lowest BCUT2D eigenvalue weighted by Crippen LogP contribution is -2.30. The van der Waals surface area contributed by atoms with E-state index in [4.69, 9.17) is 11.6 Å². The van der Waals surface area contributed by atoms with Crippen molar-refractivity contribution < 1.29 is 14.4 Å². The van der Waals surface area contributed by atoms with Gasteiger partial charge in [0.1, 0.15) is 5.70 Å². The van der Waals surface area contributed by atoms with E-state index in [-0.39, 0.29) is 17.4 Å². The van der Waals surface area contributed by atoms with E-state index in [0.717, 1.165) is 21.7 Å². The van der Waals surface area contributed by atoms with E-state index in [0.29, 0.717) is 27.3 Å². The first-order chi connectivity index (χ1) is 22.2. The van der Waals surface area contributed by atoms with Gasteiger partial charge in [0.25, 0.3) is 11.8 Å². The molecule has 0 aliphatic heterocycles. The Balaban J connectivity index is 1.23. The van der Waals surface area contributed by atoms with Crippen molar-refractivity contribution in [1.29, 1.82) is 0 Å². The summed E-state index contributed by atoms with van der Waals surface area (Å²) < 4.78 is 0. The second kappa shape index (κ2) is 15.5. The third-order valence-electron chi connectivity index (χ3n) is 6.80. The van der Waals surface area contributed by atoms with Gasteiger partial charge >= 0.3 is 0 Å². The second-order valence-corrected chi connectivity index (χ2v) is 12.9. The average molecular weight is 667 g/mol. The maximum atomic E-state index is 13.5. The highest BCUT2D eigenvalue weighted by molar-refractivity contribution is 8.00. The molecule has 46 heavy (non-hydrogen) atoms. The summed E-state index contributed by atoms with van der Waals surface area (Å²) in [5, 5.41) is 11.5. The molecule has 4 aromatic carbocycles. The van der Waals surface area contributed by atoms with Crippen molar-refractivity contribution in [3.05, 3.63) is 136 Å². The molecule has 5 rings (SSSR count). The predicted molar refractivity (Wildman–Crippen MR) is 189 cm³/mol. The van der Waals surface area contributed by atoms with Crippen LogP contribution in [0.4, 0.5) is 10.8 Å². The summed E-state index contributed by atoms with van der Waals surface area (Å²) in [6.07, 6.45) is 1.65. The quantitative estimate of drug-likeness (QED) is 0.0967. The minimum Gasteiger partial charge on any atom is -0.321 e. The van der Waals surface area contributed by atoms with Crippen LogP contribution in [0.3, 0.4) is 0 Å². The first-order valence-corrected chi connectivity index (χ1v) is 16.7. The third kappa shape index (κ3) is 9.17. The molecule has 0 saturated carbocycles. The molecule has 0 radical (unpaired) electrons. The highest BCUT2D eigenvalue weighted by Crippen LogP contribution is 2.27. The van der Waals surface area contributed by atoms with Crippen molar-refractivity contribution in [2.24, 2.45) is 0 Å². The van der Waals surface area contributed by atoms with Gasteiger partial charge in [0.05, 0.1) is 11.4 Å². The molecule has 0 atom stereocenters. The van der Waals surface area contributed by atoms with Crippen LogP contribution >= 0.6 is 34.7 Å². The Labute approximate surface area is 281 Å². The number of nitrogens with zero attached hydrogens (tertiary/aromatic N) is 1. The predicted octanol–water partition coefficient (Wildman–Crippen LogP) is 8.73. The van der Waals surface area contributed by atoms with E-state index in [9.17, 15) is 14.4 Å². The maximum Gasteiger partial charge on any atom is 0.272 e. The van der Waals surface area contributed by atoms with Gasteiger partial charge in [-0.25, -0.2) is 4.98 Å². The number of hydrogen-bond donors (Lipinski definition) is 3. The van der Waals surface area contributed by atoms with Crippen LogP contribution < -0.4 is 16.0 Å². The molecule has 0 fully saturated rings. The Hall–Kier alpha value is -4.70. The van der Waals surface area contributed by atoms with Gasteiger partial charge in [-0.1, -0.05) is 86.1 Å². The van der Waals surface area contributed by atoms with Gasteiger partial charge in [-0.05, 0) is 65.6 Å². The summed E-state index contributed by atoms with van der Waals surface area (Å²) >= 11 is 8.65. The lowest BCUT2D eigenvalue weighted by Gasteiger charge is -2.12. The Bertz CT molecular complexity index is 1850. The van der Waals surface area contributed by atoms with Crippen molar-refractivity contribution >= 4 is 69.3 Å². The van der Waals surface area contributed by atoms with Gasteiger partial charge in [0.15, 0.2) is 5.13 Å². The topological polar surface area (TPSA) is 100 Å². The van der Waals surface area contributed by atoms with E-state index in [1.807, 2.05) is 53.9 Å². The highest BCUT2D eigenvalue weighted by Gasteiger charge is 2.16. The molecule has 232 valence electrons. The number of rotatable bonds is 11. The zero-order chi connectivity index (χ0) is 32.5. The molecular weight excluding hydrogens is 636 g/mol. The van der Waals surface area contributed by atoms with Crippen LogP contribution in [0.5, 0.6) is 0 Å². The van der Waals surface area contributed by atoms with E-state index >= 15 is 0 Å². The van der Waals surface area contributed by atoms with Crippen LogP contribution in [0.25, 0.3) is 17.3 Å². The van der Waals surface area contributed by atoms with Gasteiger partial charge in [-0.3, -0.25) is 14.4 Å². The highest BCUT2D eigenvalue weighted by atomic mass is 35.5. The van der Waals surface area contributed by atoms with E-state index in [1.165, 1.54) is 28.7 Å². The van der Waals surface area contributed by atoms with Crippen LogP contribution in [0.15, 0.2) is 119 Å². The van der Waals surface area contributed by atoms with Crippen LogP contribution in [-0.2, 0) is 9.59 Å². The van der Waals surface area contributed by atoms with Crippen LogP contribution in [0.2, 0.25) is 5.02 Å². The number of halogens is 1. The fourth-order valence-corrected chi connectivity index (χ4v) is 5.95. The molecule has 7 nitrogen and oxygen atoms in total. The van der Waals surface area contributed by atoms with Gasteiger partial charge in [0.2, 0.25) is 5.91 Å². The fraction of sp³-hybridized carbons (Fsp3) is 0.111. The first-order valence-electron chi connectivity index (χ1n) is 14.5. The van der Waals surface area contributed by atoms with E-state index in [2.05, 4.69) is 34.8 Å². The molecule has 0 saturated heterocycles. The summed E-state index contributed by atoms with van der Waals surface area (Å²) in [5.41, 5.74) is 4.69. The molecule has 0 unspecified atom stereocenters. The summed E-state index contributed by atoms with van der Waals surface area (Å²) in [6.45, 7) is 4.23. The minimum absolute atomic E-state index is 0.102. The normalized spacial score (nSPS) is 11.3. The summed E-state index contributed by atoms with van der Waals surface area (Å²) in [4.78, 5) is 44.4. The number of hydrogen-bond acceptors (Lipinski definition) is 6. The fourth-order valence-electron chi connectivity index (χ4n) is 4.34. The molecule has 0 spiro atoms. The molecule has 0 aliphatic carbocycles. The number of aromatic nitrogens is 1. The van der Waals surface area contributed by atoms with Gasteiger partial charge in [-0.15, -0.1) is 23.1 Å². The van der Waals surface area contributed by atoms with Crippen LogP contribution in [-0.4, -0.2) is 28.5 Å². The number of carbonyl (C=O) groups excluding carboxylic acids is 3. The molecule has 3 amide bonds. The smallest absolute Gasteiger partial charge is 0.272 e. The molecule has 10 heteroatoms. The molecule has 1 aromatic heterocycles. The number of amides is 3. The molecule has 1 heterocycles. The van der Waals surface area contributed by atoms with Gasteiger partial charge in [-0.2, -0.15) is 0 Å². The van der Waals surface area contributed by atoms with E-state index in [1.54, 1.807) is 60.7 Å². The molecular formula is C36H31ClN4O3S2. The minimum atomic E-state index is -0.475.